The van der Waals surface area contributed by atoms with Crippen molar-refractivity contribution >= 4 is 34.4 Å². The van der Waals surface area contributed by atoms with Crippen LogP contribution in [0.25, 0.3) is 16.6 Å². The van der Waals surface area contributed by atoms with Gasteiger partial charge in [0.05, 0.1) is 22.3 Å². The molecule has 4 aromatic rings. The van der Waals surface area contributed by atoms with Gasteiger partial charge in [0.15, 0.2) is 11.0 Å². The van der Waals surface area contributed by atoms with Crippen LogP contribution < -0.4 is 10.9 Å². The lowest BCUT2D eigenvalue weighted by Crippen LogP contribution is -2.23. The Labute approximate surface area is 177 Å². The molecule has 2 aromatic heterocycles. The molecule has 0 spiro atoms. The molecule has 0 aliphatic heterocycles. The zero-order valence-electron chi connectivity index (χ0n) is 16.6. The molecular formula is C22H20N4O3S. The van der Waals surface area contributed by atoms with E-state index >= 15 is 0 Å². The highest BCUT2D eigenvalue weighted by Gasteiger charge is 2.15. The van der Waals surface area contributed by atoms with Crippen molar-refractivity contribution in [2.24, 2.45) is 0 Å². The van der Waals surface area contributed by atoms with Gasteiger partial charge in [-0.25, -0.2) is 4.98 Å². The first kappa shape index (κ1) is 19.9. The number of nitrogens with zero attached hydrogens (tertiary/aromatic N) is 3. The minimum Gasteiger partial charge on any atom is -0.360 e. The first-order valence-electron chi connectivity index (χ1n) is 9.52. The van der Waals surface area contributed by atoms with Gasteiger partial charge in [-0.2, -0.15) is 0 Å². The van der Waals surface area contributed by atoms with Crippen molar-refractivity contribution in [1.82, 2.24) is 14.7 Å². The fraction of sp³-hybridized carbons (Fsp3) is 0.182. The molecule has 0 radical (unpaired) electrons. The third-order valence-corrected chi connectivity index (χ3v) is 5.51. The summed E-state index contributed by atoms with van der Waals surface area (Å²) in [6, 6.07) is 16.6. The fourth-order valence-electron chi connectivity index (χ4n) is 3.05. The Morgan fingerprint density at radius 3 is 2.63 bits per heavy atom. The van der Waals surface area contributed by atoms with Crippen molar-refractivity contribution in [2.45, 2.75) is 25.4 Å². The number of carbonyl (C=O) groups excluding carboxylic acids is 1. The molecule has 2 aromatic carbocycles. The molecule has 0 bridgehead atoms. The second kappa shape index (κ2) is 8.54. The molecule has 1 N–H and O–H groups in total. The number of amides is 1. The molecule has 4 rings (SSSR count). The molecule has 30 heavy (non-hydrogen) atoms. The summed E-state index contributed by atoms with van der Waals surface area (Å²) in [6.45, 7) is 3.83. The van der Waals surface area contributed by atoms with Crippen molar-refractivity contribution in [3.05, 3.63) is 76.3 Å². The van der Waals surface area contributed by atoms with E-state index in [0.717, 1.165) is 6.42 Å². The summed E-state index contributed by atoms with van der Waals surface area (Å²) in [5, 5.41) is 7.42. The molecule has 2 heterocycles. The molecular weight excluding hydrogens is 400 g/mol. The maximum absolute atomic E-state index is 13.2. The first-order chi connectivity index (χ1) is 14.5. The van der Waals surface area contributed by atoms with Crippen molar-refractivity contribution in [2.75, 3.05) is 11.1 Å². The molecule has 152 valence electrons. The monoisotopic (exact) mass is 420 g/mol. The number of fused-ring (bicyclic) bond motifs is 1. The van der Waals surface area contributed by atoms with Crippen LogP contribution in [-0.4, -0.2) is 26.4 Å². The minimum absolute atomic E-state index is 0.0731. The molecule has 0 aliphatic rings. The summed E-state index contributed by atoms with van der Waals surface area (Å²) in [7, 11) is 0. The summed E-state index contributed by atoms with van der Waals surface area (Å²) in [6.07, 6.45) is 0.911. The number of thioether (sulfide) groups is 1. The Bertz CT molecular complexity index is 1260. The van der Waals surface area contributed by atoms with Gasteiger partial charge in [0.1, 0.15) is 5.76 Å². The minimum atomic E-state index is -0.261. The number of hydrogen-bond donors (Lipinski definition) is 1. The highest BCUT2D eigenvalue weighted by atomic mass is 32.2. The number of rotatable bonds is 6. The normalized spacial score (nSPS) is 11.0. The van der Waals surface area contributed by atoms with Gasteiger partial charge in [-0.3, -0.25) is 14.2 Å². The van der Waals surface area contributed by atoms with Crippen LogP contribution in [0.2, 0.25) is 0 Å². The summed E-state index contributed by atoms with van der Waals surface area (Å²) in [5.41, 5.74) is 2.32. The van der Waals surface area contributed by atoms with Crippen LogP contribution in [0, 0.1) is 6.92 Å². The molecule has 0 saturated carbocycles. The van der Waals surface area contributed by atoms with E-state index in [9.17, 15) is 9.59 Å². The van der Waals surface area contributed by atoms with Gasteiger partial charge < -0.3 is 9.84 Å². The van der Waals surface area contributed by atoms with Crippen LogP contribution in [0.15, 0.2) is 69.1 Å². The van der Waals surface area contributed by atoms with E-state index in [4.69, 9.17) is 4.52 Å². The summed E-state index contributed by atoms with van der Waals surface area (Å²) >= 11 is 1.20. The van der Waals surface area contributed by atoms with E-state index < -0.39 is 0 Å². The fourth-order valence-corrected chi connectivity index (χ4v) is 3.86. The smallest absolute Gasteiger partial charge is 0.266 e. The Hall–Kier alpha value is -3.39. The lowest BCUT2D eigenvalue weighted by Gasteiger charge is -2.13. The Morgan fingerprint density at radius 2 is 1.93 bits per heavy atom. The van der Waals surface area contributed by atoms with Crippen LogP contribution in [0.4, 0.5) is 5.82 Å². The van der Waals surface area contributed by atoms with Crippen molar-refractivity contribution in [1.29, 1.82) is 0 Å². The standard InChI is InChI=1S/C22H20N4O3S/c1-3-15-8-10-16(11-9-15)26-21(28)17-6-4-5-7-18(17)23-22(26)30-13-20(27)24-19-12-14(2)29-25-19/h4-12H,3,13H2,1-2H3,(H,24,25,27). The van der Waals surface area contributed by atoms with Crippen LogP contribution >= 0.6 is 11.8 Å². The molecule has 1 amide bonds. The van der Waals surface area contributed by atoms with Crippen LogP contribution in [-0.2, 0) is 11.2 Å². The van der Waals surface area contributed by atoms with Gasteiger partial charge in [-0.15, -0.1) is 0 Å². The van der Waals surface area contributed by atoms with Gasteiger partial charge in [0, 0.05) is 6.07 Å². The van der Waals surface area contributed by atoms with Crippen LogP contribution in [0.3, 0.4) is 0 Å². The molecule has 0 saturated heterocycles. The number of hydrogen-bond acceptors (Lipinski definition) is 6. The molecule has 0 unspecified atom stereocenters. The number of nitrogens with one attached hydrogen (secondary N) is 1. The lowest BCUT2D eigenvalue weighted by molar-refractivity contribution is -0.113. The van der Waals surface area contributed by atoms with Crippen molar-refractivity contribution < 1.29 is 9.32 Å². The Kier molecular flexibility index (Phi) is 5.67. The molecule has 0 atom stereocenters. The SMILES string of the molecule is CCc1ccc(-n2c(SCC(=O)Nc3cc(C)on3)nc3ccccc3c2=O)cc1. The van der Waals surface area contributed by atoms with Gasteiger partial charge in [0.2, 0.25) is 5.91 Å². The molecule has 0 fully saturated rings. The predicted octanol–water partition coefficient (Wildman–Crippen LogP) is 3.98. The number of anilines is 1. The van der Waals surface area contributed by atoms with Crippen molar-refractivity contribution in [3.63, 3.8) is 0 Å². The highest BCUT2D eigenvalue weighted by molar-refractivity contribution is 7.99. The second-order valence-electron chi connectivity index (χ2n) is 6.73. The maximum Gasteiger partial charge on any atom is 0.266 e. The predicted molar refractivity (Wildman–Crippen MR) is 117 cm³/mol. The molecule has 0 aliphatic carbocycles. The summed E-state index contributed by atoms with van der Waals surface area (Å²) in [5.74, 6) is 0.781. The van der Waals surface area contributed by atoms with E-state index in [1.807, 2.05) is 36.4 Å². The zero-order valence-corrected chi connectivity index (χ0v) is 17.4. The van der Waals surface area contributed by atoms with E-state index in [1.54, 1.807) is 29.7 Å². The van der Waals surface area contributed by atoms with Crippen molar-refractivity contribution in [3.8, 4) is 5.69 Å². The van der Waals surface area contributed by atoms with E-state index in [-0.39, 0.29) is 17.2 Å². The van der Waals surface area contributed by atoms with Crippen LogP contribution in [0.1, 0.15) is 18.2 Å². The highest BCUT2D eigenvalue weighted by Crippen LogP contribution is 2.22. The average molecular weight is 420 g/mol. The number of benzene rings is 2. The third kappa shape index (κ3) is 4.13. The van der Waals surface area contributed by atoms with E-state index in [0.29, 0.717) is 33.3 Å². The largest absolute Gasteiger partial charge is 0.360 e. The lowest BCUT2D eigenvalue weighted by atomic mass is 10.1. The van der Waals surface area contributed by atoms with E-state index in [2.05, 4.69) is 22.4 Å². The molecule has 7 nitrogen and oxygen atoms in total. The molecule has 8 heteroatoms. The first-order valence-corrected chi connectivity index (χ1v) is 10.5. The van der Waals surface area contributed by atoms with Gasteiger partial charge in [-0.1, -0.05) is 48.1 Å². The summed E-state index contributed by atoms with van der Waals surface area (Å²) < 4.78 is 6.51. The van der Waals surface area contributed by atoms with Gasteiger partial charge in [0.25, 0.3) is 5.56 Å². The third-order valence-electron chi connectivity index (χ3n) is 4.58. The van der Waals surface area contributed by atoms with E-state index in [1.165, 1.54) is 17.3 Å². The number of para-hydroxylation sites is 1. The Balaban J connectivity index is 1.68. The zero-order chi connectivity index (χ0) is 21.1. The van der Waals surface area contributed by atoms with Gasteiger partial charge >= 0.3 is 0 Å². The average Bonchev–Trinajstić information content (AvgIpc) is 3.17. The number of aromatic nitrogens is 3. The van der Waals surface area contributed by atoms with Gasteiger partial charge in [-0.05, 0) is 43.2 Å². The number of carbonyl (C=O) groups is 1. The summed E-state index contributed by atoms with van der Waals surface area (Å²) in [4.78, 5) is 30.2. The maximum atomic E-state index is 13.2. The number of aryl methyl sites for hydroxylation is 2. The quantitative estimate of drug-likeness (QED) is 0.375. The second-order valence-corrected chi connectivity index (χ2v) is 7.67. The topological polar surface area (TPSA) is 90.0 Å². The Morgan fingerprint density at radius 1 is 1.17 bits per heavy atom. The van der Waals surface area contributed by atoms with Crippen LogP contribution in [0.5, 0.6) is 0 Å².